The highest BCUT2D eigenvalue weighted by Gasteiger charge is 2.26. The molecular weight excluding hydrogens is 438 g/mol. The maximum atomic E-state index is 12.8. The number of carbonyl (C=O) groups is 1. The molecule has 3 aromatic carbocycles. The van der Waals surface area contributed by atoms with Crippen LogP contribution in [0.15, 0.2) is 71.6 Å². The molecule has 0 saturated carbocycles. The molecule has 2 heterocycles. The van der Waals surface area contributed by atoms with Gasteiger partial charge in [-0.2, -0.15) is 4.31 Å². The van der Waals surface area contributed by atoms with E-state index in [1.165, 1.54) is 16.4 Å². The van der Waals surface area contributed by atoms with Gasteiger partial charge in [-0.3, -0.25) is 4.79 Å². The summed E-state index contributed by atoms with van der Waals surface area (Å²) in [5.41, 5.74) is 3.37. The lowest BCUT2D eigenvalue weighted by Crippen LogP contribution is -2.40. The summed E-state index contributed by atoms with van der Waals surface area (Å²) >= 11 is 0. The average Bonchev–Trinajstić information content (AvgIpc) is 3.17. The highest BCUT2D eigenvalue weighted by Crippen LogP contribution is 2.31. The van der Waals surface area contributed by atoms with Gasteiger partial charge in [0.1, 0.15) is 0 Å². The number of sulfonamides is 1. The second kappa shape index (κ2) is 8.62. The average molecular weight is 464 g/mol. The number of rotatable bonds is 5. The van der Waals surface area contributed by atoms with Gasteiger partial charge in [-0.25, -0.2) is 8.42 Å². The number of para-hydroxylation sites is 1. The molecule has 0 spiro atoms. The second-order valence-electron chi connectivity index (χ2n) is 7.99. The Bertz CT molecular complexity index is 1440. The van der Waals surface area contributed by atoms with E-state index in [4.69, 9.17) is 4.74 Å². The summed E-state index contributed by atoms with van der Waals surface area (Å²) in [7, 11) is -3.59. The van der Waals surface area contributed by atoms with Gasteiger partial charge < -0.3 is 14.6 Å². The Hall–Kier alpha value is -3.20. The molecule has 1 amide bonds. The van der Waals surface area contributed by atoms with Crippen LogP contribution in [0.3, 0.4) is 0 Å². The third-order valence-corrected chi connectivity index (χ3v) is 7.98. The van der Waals surface area contributed by atoms with E-state index >= 15 is 0 Å². The van der Waals surface area contributed by atoms with Gasteiger partial charge in [-0.1, -0.05) is 18.2 Å². The SMILES string of the molecule is CCn1c2ccccc2c2cc(NC(=O)c3ccc(S(=O)(=O)N4CCOCC4)cc3)ccc21. The molecule has 1 N–H and O–H groups in total. The summed E-state index contributed by atoms with van der Waals surface area (Å²) in [6.45, 7) is 4.42. The summed E-state index contributed by atoms with van der Waals surface area (Å²) in [6, 6.07) is 20.2. The highest BCUT2D eigenvalue weighted by molar-refractivity contribution is 7.89. The molecule has 4 aromatic rings. The zero-order chi connectivity index (χ0) is 23.0. The van der Waals surface area contributed by atoms with Crippen LogP contribution in [0.5, 0.6) is 0 Å². The number of nitrogens with one attached hydrogen (secondary N) is 1. The van der Waals surface area contributed by atoms with Gasteiger partial charge in [-0.15, -0.1) is 0 Å². The van der Waals surface area contributed by atoms with E-state index in [1.807, 2.05) is 30.3 Å². The quantitative estimate of drug-likeness (QED) is 0.484. The molecule has 0 radical (unpaired) electrons. The van der Waals surface area contributed by atoms with Gasteiger partial charge in [0.2, 0.25) is 10.0 Å². The number of hydrogen-bond acceptors (Lipinski definition) is 4. The molecule has 7 nitrogen and oxygen atoms in total. The molecule has 1 aromatic heterocycles. The molecule has 1 aliphatic heterocycles. The molecule has 0 bridgehead atoms. The molecule has 5 rings (SSSR count). The Kier molecular flexibility index (Phi) is 5.65. The van der Waals surface area contributed by atoms with Crippen LogP contribution in [0.25, 0.3) is 21.8 Å². The Balaban J connectivity index is 1.39. The normalized spacial score (nSPS) is 15.2. The van der Waals surface area contributed by atoms with Crippen LogP contribution in [-0.2, 0) is 21.3 Å². The third kappa shape index (κ3) is 3.90. The molecule has 33 heavy (non-hydrogen) atoms. The first kappa shape index (κ1) is 21.6. The molecule has 1 fully saturated rings. The number of benzene rings is 3. The Morgan fingerprint density at radius 1 is 0.939 bits per heavy atom. The fourth-order valence-electron chi connectivity index (χ4n) is 4.39. The number of hydrogen-bond donors (Lipinski definition) is 1. The molecule has 0 unspecified atom stereocenters. The number of carbonyl (C=O) groups excluding carboxylic acids is 1. The topological polar surface area (TPSA) is 80.6 Å². The van der Waals surface area contributed by atoms with Crippen LogP contribution in [0.4, 0.5) is 5.69 Å². The number of aryl methyl sites for hydroxylation is 1. The fraction of sp³-hybridized carbons (Fsp3) is 0.240. The zero-order valence-electron chi connectivity index (χ0n) is 18.3. The first-order chi connectivity index (χ1) is 16.0. The van der Waals surface area contributed by atoms with Gasteiger partial charge in [-0.05, 0) is 55.5 Å². The predicted molar refractivity (Wildman–Crippen MR) is 129 cm³/mol. The van der Waals surface area contributed by atoms with Gasteiger partial charge in [0.15, 0.2) is 0 Å². The van der Waals surface area contributed by atoms with Crippen molar-refractivity contribution in [1.29, 1.82) is 0 Å². The molecule has 1 saturated heterocycles. The maximum absolute atomic E-state index is 12.8. The number of fused-ring (bicyclic) bond motifs is 3. The Labute approximate surface area is 192 Å². The van der Waals surface area contributed by atoms with Crippen molar-refractivity contribution in [2.45, 2.75) is 18.4 Å². The first-order valence-electron chi connectivity index (χ1n) is 11.0. The van der Waals surface area contributed by atoms with E-state index in [9.17, 15) is 13.2 Å². The Morgan fingerprint density at radius 2 is 1.64 bits per heavy atom. The molecule has 0 aliphatic carbocycles. The summed E-state index contributed by atoms with van der Waals surface area (Å²) in [6.07, 6.45) is 0. The second-order valence-corrected chi connectivity index (χ2v) is 9.93. The lowest BCUT2D eigenvalue weighted by Gasteiger charge is -2.26. The van der Waals surface area contributed by atoms with Crippen molar-refractivity contribution in [3.05, 3.63) is 72.3 Å². The minimum Gasteiger partial charge on any atom is -0.379 e. The van der Waals surface area contributed by atoms with Crippen LogP contribution in [-0.4, -0.2) is 49.5 Å². The van der Waals surface area contributed by atoms with Crippen LogP contribution in [0, 0.1) is 0 Å². The Morgan fingerprint density at radius 3 is 2.36 bits per heavy atom. The van der Waals surface area contributed by atoms with Gasteiger partial charge in [0.25, 0.3) is 5.91 Å². The predicted octanol–water partition coefficient (Wildman–Crippen LogP) is 4.09. The number of nitrogens with zero attached hydrogens (tertiary/aromatic N) is 2. The van der Waals surface area contributed by atoms with Crippen molar-refractivity contribution >= 4 is 43.4 Å². The van der Waals surface area contributed by atoms with Crippen molar-refractivity contribution in [2.24, 2.45) is 0 Å². The summed E-state index contributed by atoms with van der Waals surface area (Å²) in [5.74, 6) is -0.288. The molecule has 8 heteroatoms. The number of ether oxygens (including phenoxy) is 1. The molecule has 1 aliphatic rings. The van der Waals surface area contributed by atoms with Gasteiger partial charge in [0, 0.05) is 52.7 Å². The number of anilines is 1. The van der Waals surface area contributed by atoms with Crippen LogP contribution < -0.4 is 5.32 Å². The van der Waals surface area contributed by atoms with E-state index in [0.717, 1.165) is 28.4 Å². The smallest absolute Gasteiger partial charge is 0.255 e. The zero-order valence-corrected chi connectivity index (χ0v) is 19.1. The van der Waals surface area contributed by atoms with Crippen molar-refractivity contribution in [1.82, 2.24) is 8.87 Å². The van der Waals surface area contributed by atoms with E-state index < -0.39 is 10.0 Å². The molecular formula is C25H25N3O4S. The molecule has 170 valence electrons. The van der Waals surface area contributed by atoms with E-state index in [2.05, 4.69) is 28.9 Å². The van der Waals surface area contributed by atoms with Crippen molar-refractivity contribution in [3.8, 4) is 0 Å². The van der Waals surface area contributed by atoms with E-state index in [0.29, 0.717) is 37.6 Å². The lowest BCUT2D eigenvalue weighted by molar-refractivity contribution is 0.0730. The van der Waals surface area contributed by atoms with Gasteiger partial charge >= 0.3 is 0 Å². The van der Waals surface area contributed by atoms with E-state index in [1.54, 1.807) is 12.1 Å². The number of morpholine rings is 1. The largest absolute Gasteiger partial charge is 0.379 e. The van der Waals surface area contributed by atoms with Crippen molar-refractivity contribution < 1.29 is 17.9 Å². The van der Waals surface area contributed by atoms with Crippen LogP contribution in [0.1, 0.15) is 17.3 Å². The minimum absolute atomic E-state index is 0.176. The minimum atomic E-state index is -3.59. The summed E-state index contributed by atoms with van der Waals surface area (Å²) < 4.78 is 34.5. The van der Waals surface area contributed by atoms with Crippen molar-refractivity contribution in [3.63, 3.8) is 0 Å². The standard InChI is InChI=1S/C25H25N3O4S/c1-2-28-23-6-4-3-5-21(23)22-17-19(9-12-24(22)28)26-25(29)18-7-10-20(11-8-18)33(30,31)27-13-15-32-16-14-27/h3-12,17H,2,13-16H2,1H3,(H,26,29). The maximum Gasteiger partial charge on any atom is 0.255 e. The fourth-order valence-corrected chi connectivity index (χ4v) is 5.80. The van der Waals surface area contributed by atoms with Crippen LogP contribution in [0.2, 0.25) is 0 Å². The van der Waals surface area contributed by atoms with Crippen molar-refractivity contribution in [2.75, 3.05) is 31.6 Å². The monoisotopic (exact) mass is 463 g/mol. The summed E-state index contributed by atoms with van der Waals surface area (Å²) in [5, 5.41) is 5.16. The van der Waals surface area contributed by atoms with E-state index in [-0.39, 0.29) is 10.8 Å². The third-order valence-electron chi connectivity index (χ3n) is 6.07. The highest BCUT2D eigenvalue weighted by atomic mass is 32.2. The molecule has 0 atom stereocenters. The summed E-state index contributed by atoms with van der Waals surface area (Å²) in [4.78, 5) is 13.0. The number of aromatic nitrogens is 1. The number of amides is 1. The van der Waals surface area contributed by atoms with Gasteiger partial charge in [0.05, 0.1) is 18.1 Å². The lowest BCUT2D eigenvalue weighted by atomic mass is 10.1. The van der Waals surface area contributed by atoms with Crippen LogP contribution >= 0.6 is 0 Å². The first-order valence-corrected chi connectivity index (χ1v) is 12.4.